The fourth-order valence-electron chi connectivity index (χ4n) is 9.89. The van der Waals surface area contributed by atoms with Crippen molar-refractivity contribution in [2.45, 2.75) is 103 Å². The van der Waals surface area contributed by atoms with Crippen LogP contribution in [-0.2, 0) is 9.59 Å². The van der Waals surface area contributed by atoms with Crippen LogP contribution in [0.2, 0.25) is 0 Å². The lowest BCUT2D eigenvalue weighted by Gasteiger charge is -2.31. The molecule has 4 N–H and O–H groups in total. The normalized spacial score (nSPS) is 20.3. The van der Waals surface area contributed by atoms with E-state index in [1.165, 1.54) is 0 Å². The van der Waals surface area contributed by atoms with Crippen molar-refractivity contribution >= 4 is 45.9 Å². The number of hydrogen-bond donors (Lipinski definition) is 4. The molecule has 0 bridgehead atoms. The fourth-order valence-corrected chi connectivity index (χ4v) is 9.89. The first kappa shape index (κ1) is 41.4. The van der Waals surface area contributed by atoms with Crippen molar-refractivity contribution in [1.29, 1.82) is 0 Å². The molecular weight excluding hydrogens is 781 g/mol. The highest BCUT2D eigenvalue weighted by Gasteiger charge is 2.40. The molecule has 9 rings (SSSR count). The van der Waals surface area contributed by atoms with E-state index in [9.17, 15) is 19.2 Å². The molecule has 0 unspecified atom stereocenters. The van der Waals surface area contributed by atoms with Crippen LogP contribution in [0.1, 0.15) is 103 Å². The molecule has 0 saturated carbocycles. The van der Waals surface area contributed by atoms with Crippen molar-refractivity contribution in [2.75, 3.05) is 39.3 Å². The molecule has 4 fully saturated rings. The summed E-state index contributed by atoms with van der Waals surface area (Å²) in [7, 11) is 0. The minimum atomic E-state index is -0.592. The van der Waals surface area contributed by atoms with Gasteiger partial charge in [-0.25, -0.2) is 19.6 Å². The van der Waals surface area contributed by atoms with Gasteiger partial charge in [-0.3, -0.25) is 9.59 Å². The maximum absolute atomic E-state index is 14.0. The molecule has 4 aliphatic rings. The van der Waals surface area contributed by atoms with Gasteiger partial charge in [-0.15, -0.1) is 0 Å². The average molecular weight is 841 g/mol. The summed E-state index contributed by atoms with van der Waals surface area (Å²) in [5, 5.41) is 6.10. The van der Waals surface area contributed by atoms with Crippen molar-refractivity contribution in [3.05, 3.63) is 72.3 Å². The van der Waals surface area contributed by atoms with E-state index >= 15 is 0 Å². The summed E-state index contributed by atoms with van der Waals surface area (Å²) in [5.74, 6) is 1.36. The molecule has 14 nitrogen and oxygen atoms in total. The summed E-state index contributed by atoms with van der Waals surface area (Å²) in [6, 6.07) is 19.2. The van der Waals surface area contributed by atoms with Crippen LogP contribution in [0.4, 0.5) is 9.59 Å². The highest BCUT2D eigenvalue weighted by Crippen LogP contribution is 2.36. The number of carbonyl (C=O) groups is 4. The largest absolute Gasteiger partial charge is 0.340 e. The van der Waals surface area contributed by atoms with Crippen LogP contribution in [-0.4, -0.2) is 115 Å². The molecule has 326 valence electrons. The third kappa shape index (κ3) is 8.23. The van der Waals surface area contributed by atoms with E-state index in [4.69, 9.17) is 9.97 Å². The summed E-state index contributed by atoms with van der Waals surface area (Å²) in [5.41, 5.74) is 7.80. The third-order valence-corrected chi connectivity index (χ3v) is 13.5. The van der Waals surface area contributed by atoms with Crippen LogP contribution in [0.25, 0.3) is 44.3 Å². The zero-order valence-electron chi connectivity index (χ0n) is 36.5. The van der Waals surface area contributed by atoms with E-state index < -0.39 is 12.1 Å². The lowest BCUT2D eigenvalue weighted by atomic mass is 10.00. The van der Waals surface area contributed by atoms with E-state index in [0.717, 1.165) is 134 Å². The van der Waals surface area contributed by atoms with Gasteiger partial charge in [-0.05, 0) is 110 Å². The van der Waals surface area contributed by atoms with Gasteiger partial charge in [0, 0.05) is 39.3 Å². The quantitative estimate of drug-likeness (QED) is 0.112. The molecule has 6 amide bonds. The first-order valence-electron chi connectivity index (χ1n) is 22.8. The molecule has 4 aliphatic heterocycles. The zero-order chi connectivity index (χ0) is 43.1. The van der Waals surface area contributed by atoms with Gasteiger partial charge in [-0.2, -0.15) is 0 Å². The lowest BCUT2D eigenvalue weighted by molar-refractivity contribution is -0.136. The van der Waals surface area contributed by atoms with E-state index in [0.29, 0.717) is 13.1 Å². The molecule has 0 spiro atoms. The van der Waals surface area contributed by atoms with E-state index in [1.54, 1.807) is 0 Å². The maximum atomic E-state index is 14.0. The standard InChI is InChI=1S/C48H60N10O4/c1-29(2)41(53-47(61)55-21-5-6-22-55)45(59)57-25-9-11-39(57)43-49-35-19-17-33(27-37(35)51-43)31-13-15-32(16-14-31)34-18-20-36-38(28-34)52-44(50-36)40-12-10-26-58(40)46(60)42(30(3)4)54-48(62)56-23-7-8-24-56/h13-20,27-30,39-42H,5-12,21-26H2,1-4H3,(H,49,51)(H,50,52)(H,53,61)(H,54,62)/t39-,40-,41-,42-/m0/s1. The Balaban J connectivity index is 0.877. The zero-order valence-corrected chi connectivity index (χ0v) is 36.5. The number of nitrogens with one attached hydrogen (secondary N) is 4. The third-order valence-electron chi connectivity index (χ3n) is 13.5. The number of imidazole rings is 2. The number of nitrogens with zero attached hydrogens (tertiary/aromatic N) is 6. The lowest BCUT2D eigenvalue weighted by Crippen LogP contribution is -2.54. The van der Waals surface area contributed by atoms with E-state index in [2.05, 4.69) is 69.1 Å². The fraction of sp³-hybridized carbons (Fsp3) is 0.500. The van der Waals surface area contributed by atoms with Gasteiger partial charge in [0.25, 0.3) is 0 Å². The summed E-state index contributed by atoms with van der Waals surface area (Å²) >= 11 is 0. The summed E-state index contributed by atoms with van der Waals surface area (Å²) < 4.78 is 0. The highest BCUT2D eigenvalue weighted by atomic mass is 16.2. The number of amides is 6. The Morgan fingerprint density at radius 2 is 0.903 bits per heavy atom. The number of aromatic nitrogens is 4. The van der Waals surface area contributed by atoms with Crippen molar-refractivity contribution < 1.29 is 19.2 Å². The molecule has 4 atom stereocenters. The summed E-state index contributed by atoms with van der Waals surface area (Å²) in [4.78, 5) is 78.4. The maximum Gasteiger partial charge on any atom is 0.318 e. The molecule has 6 heterocycles. The van der Waals surface area contributed by atoms with Gasteiger partial charge in [0.2, 0.25) is 11.8 Å². The first-order chi connectivity index (χ1) is 30.0. The number of H-pyrrole nitrogens is 2. The number of likely N-dealkylation sites (tertiary alicyclic amines) is 4. The average Bonchev–Trinajstić information content (AvgIpc) is 4.13. The van der Waals surface area contributed by atoms with E-state index in [-0.39, 0.29) is 47.8 Å². The van der Waals surface area contributed by atoms with Gasteiger partial charge in [0.15, 0.2) is 0 Å². The van der Waals surface area contributed by atoms with Gasteiger partial charge >= 0.3 is 12.1 Å². The number of benzene rings is 3. The molecular formula is C48H60N10O4. The Morgan fingerprint density at radius 3 is 1.27 bits per heavy atom. The van der Waals surface area contributed by atoms with Crippen molar-refractivity contribution in [2.24, 2.45) is 11.8 Å². The number of urea groups is 2. The summed E-state index contributed by atoms with van der Waals surface area (Å²) in [6.07, 6.45) is 7.39. The molecule has 5 aromatic rings. The van der Waals surface area contributed by atoms with Crippen LogP contribution >= 0.6 is 0 Å². The van der Waals surface area contributed by atoms with Crippen LogP contribution in [0.3, 0.4) is 0 Å². The molecule has 0 radical (unpaired) electrons. The van der Waals surface area contributed by atoms with Gasteiger partial charge in [0.1, 0.15) is 23.7 Å². The predicted octanol–water partition coefficient (Wildman–Crippen LogP) is 7.76. The van der Waals surface area contributed by atoms with Gasteiger partial charge in [-0.1, -0.05) is 64.1 Å². The number of rotatable bonds is 10. The molecule has 14 heteroatoms. The SMILES string of the molecule is CC(C)[C@H](NC(=O)N1CCCC1)C(=O)N1CCC[C@H]1c1nc2ccc(-c3ccc(-c4ccc5nc([C@@H]6CCCN6C(=O)[C@@H](NC(=O)N6CCCC6)C(C)C)[nH]c5c4)cc3)cc2[nH]1. The molecule has 4 saturated heterocycles. The number of hydrogen-bond acceptors (Lipinski definition) is 6. The molecule has 62 heavy (non-hydrogen) atoms. The Bertz CT molecular complexity index is 2280. The van der Waals surface area contributed by atoms with Crippen molar-refractivity contribution in [3.63, 3.8) is 0 Å². The van der Waals surface area contributed by atoms with Crippen LogP contribution < -0.4 is 10.6 Å². The molecule has 2 aromatic heterocycles. The van der Waals surface area contributed by atoms with Gasteiger partial charge in [0.05, 0.1) is 34.2 Å². The highest BCUT2D eigenvalue weighted by molar-refractivity contribution is 5.90. The predicted molar refractivity (Wildman–Crippen MR) is 240 cm³/mol. The number of carbonyl (C=O) groups excluding carboxylic acids is 4. The second-order valence-corrected chi connectivity index (χ2v) is 18.4. The number of fused-ring (bicyclic) bond motifs is 2. The first-order valence-corrected chi connectivity index (χ1v) is 22.8. The second-order valence-electron chi connectivity index (χ2n) is 18.4. The molecule has 0 aliphatic carbocycles. The van der Waals surface area contributed by atoms with Crippen LogP contribution in [0, 0.1) is 11.8 Å². The molecule has 3 aromatic carbocycles. The second kappa shape index (κ2) is 17.5. The minimum Gasteiger partial charge on any atom is -0.340 e. The Morgan fingerprint density at radius 1 is 0.532 bits per heavy atom. The van der Waals surface area contributed by atoms with Crippen molar-refractivity contribution in [3.8, 4) is 22.3 Å². The summed E-state index contributed by atoms with van der Waals surface area (Å²) in [6.45, 7) is 12.2. The van der Waals surface area contributed by atoms with Crippen molar-refractivity contribution in [1.82, 2.24) is 50.2 Å². The number of aromatic amines is 2. The van der Waals surface area contributed by atoms with Crippen LogP contribution in [0.15, 0.2) is 60.7 Å². The Hall–Kier alpha value is -5.92. The Kier molecular flexibility index (Phi) is 11.7. The Labute approximate surface area is 363 Å². The van der Waals surface area contributed by atoms with Crippen LogP contribution in [0.5, 0.6) is 0 Å². The monoisotopic (exact) mass is 840 g/mol. The topological polar surface area (TPSA) is 163 Å². The van der Waals surface area contributed by atoms with E-state index in [1.807, 2.05) is 59.4 Å². The van der Waals surface area contributed by atoms with Gasteiger partial charge < -0.3 is 40.2 Å². The minimum absolute atomic E-state index is 0.0435. The smallest absolute Gasteiger partial charge is 0.318 e.